The molecule has 2 heteroatoms. The minimum Gasteiger partial charge on any atom is -1.00 e. The molecule has 1 atom stereocenters. The van der Waals surface area contributed by atoms with Crippen LogP contribution in [0.1, 0.15) is 24.0 Å². The molecule has 0 saturated carbocycles. The van der Waals surface area contributed by atoms with Crippen LogP contribution in [-0.2, 0) is 0 Å². The molecule has 0 aromatic heterocycles. The molecule has 1 aliphatic rings. The van der Waals surface area contributed by atoms with Gasteiger partial charge in [-0.1, -0.05) is 42.0 Å². The molecule has 3 radical (unpaired) electrons. The molecule has 0 amide bonds. The van der Waals surface area contributed by atoms with Gasteiger partial charge in [0.1, 0.15) is 0 Å². The first-order chi connectivity index (χ1) is 5.81. The Balaban J connectivity index is 0.000000845. The zero-order valence-corrected chi connectivity index (χ0v) is 11.2. The van der Waals surface area contributed by atoms with Crippen molar-refractivity contribution in [2.24, 2.45) is 0 Å². The Hall–Kier alpha value is 0.177. The van der Waals surface area contributed by atoms with Crippen LogP contribution in [0.4, 0.5) is 0 Å². The van der Waals surface area contributed by atoms with E-state index in [9.17, 15) is 0 Å². The van der Waals surface area contributed by atoms with Gasteiger partial charge in [0.05, 0.1) is 0 Å². The topological polar surface area (TPSA) is 0 Å². The fraction of sp³-hybridized carbons (Fsp3) is 0.273. The second kappa shape index (κ2) is 4.60. The fourth-order valence-electron chi connectivity index (χ4n) is 1.68. The number of rotatable bonds is 1. The van der Waals surface area contributed by atoms with Crippen molar-refractivity contribution in [1.82, 2.24) is 0 Å². The van der Waals surface area contributed by atoms with E-state index < -0.39 is 0 Å². The molecule has 0 bridgehead atoms. The first kappa shape index (κ1) is 11.3. The van der Waals surface area contributed by atoms with Crippen LogP contribution >= 0.6 is 0 Å². The van der Waals surface area contributed by atoms with Gasteiger partial charge in [-0.3, -0.25) is 0 Å². The maximum absolute atomic E-state index is 3.56. The van der Waals surface area contributed by atoms with E-state index in [2.05, 4.69) is 47.5 Å². The van der Waals surface area contributed by atoms with E-state index in [0.717, 1.165) is 6.04 Å². The summed E-state index contributed by atoms with van der Waals surface area (Å²) in [5.74, 6) is 0.581. The fourth-order valence-corrected chi connectivity index (χ4v) is 2.03. The molecule has 0 N–H and O–H groups in total. The number of fused-ring (bicyclic) bond motifs is 1. The zero-order valence-electron chi connectivity index (χ0n) is 9.17. The predicted molar refractivity (Wildman–Crippen MR) is 54.6 cm³/mol. The molecular formula is C11H12NaSi. The zero-order chi connectivity index (χ0) is 8.55. The minimum absolute atomic E-state index is 0. The van der Waals surface area contributed by atoms with Crippen LogP contribution in [-0.4, -0.2) is 10.2 Å². The normalized spacial score (nSPS) is 18.2. The summed E-state index contributed by atoms with van der Waals surface area (Å²) in [5, 5.41) is 0. The van der Waals surface area contributed by atoms with Crippen molar-refractivity contribution in [2.75, 3.05) is 0 Å². The van der Waals surface area contributed by atoms with E-state index in [1.54, 1.807) is 0 Å². The van der Waals surface area contributed by atoms with Gasteiger partial charge in [0.2, 0.25) is 0 Å². The Bertz CT molecular complexity index is 336. The molecule has 1 unspecified atom stereocenters. The Morgan fingerprint density at radius 3 is 2.92 bits per heavy atom. The van der Waals surface area contributed by atoms with Crippen LogP contribution in [0.25, 0.3) is 6.08 Å². The van der Waals surface area contributed by atoms with Crippen molar-refractivity contribution >= 4 is 16.3 Å². The molecule has 13 heavy (non-hydrogen) atoms. The quantitative estimate of drug-likeness (QED) is 0.545. The van der Waals surface area contributed by atoms with Gasteiger partial charge in [0.25, 0.3) is 0 Å². The van der Waals surface area contributed by atoms with Gasteiger partial charge in [0.15, 0.2) is 0 Å². The summed E-state index contributed by atoms with van der Waals surface area (Å²) < 4.78 is 0. The smallest absolute Gasteiger partial charge is 1.00 e. The average molecular weight is 195 g/mol. The van der Waals surface area contributed by atoms with Crippen LogP contribution in [0.2, 0.25) is 6.04 Å². The van der Waals surface area contributed by atoms with Crippen LogP contribution in [0, 0.1) is 6.92 Å². The molecule has 2 rings (SSSR count). The number of allylic oxidation sites excluding steroid dienone is 1. The molecule has 0 aliphatic heterocycles. The summed E-state index contributed by atoms with van der Waals surface area (Å²) in [6.45, 7) is 2.13. The van der Waals surface area contributed by atoms with E-state index in [-0.39, 0.29) is 31.0 Å². The van der Waals surface area contributed by atoms with Crippen LogP contribution in [0.3, 0.4) is 0 Å². The molecule has 0 spiro atoms. The van der Waals surface area contributed by atoms with Crippen molar-refractivity contribution in [3.63, 3.8) is 0 Å². The third-order valence-electron chi connectivity index (χ3n) is 2.37. The summed E-state index contributed by atoms with van der Waals surface area (Å²) in [6.07, 6.45) is 4.48. The van der Waals surface area contributed by atoms with E-state index in [1.165, 1.54) is 16.7 Å². The molecule has 0 nitrogen and oxygen atoms in total. The van der Waals surface area contributed by atoms with Crippen molar-refractivity contribution in [1.29, 1.82) is 0 Å². The SMILES string of the molecule is Cc1ccc2c(c1)C=CC2C[Si].[H-].[Na+]. The summed E-state index contributed by atoms with van der Waals surface area (Å²) >= 11 is 0. The van der Waals surface area contributed by atoms with Crippen molar-refractivity contribution in [3.8, 4) is 0 Å². The molecule has 0 saturated heterocycles. The predicted octanol–water partition coefficient (Wildman–Crippen LogP) is -0.191. The maximum atomic E-state index is 3.56. The van der Waals surface area contributed by atoms with E-state index in [1.807, 2.05) is 0 Å². The van der Waals surface area contributed by atoms with Crippen LogP contribution in [0.15, 0.2) is 24.3 Å². The van der Waals surface area contributed by atoms with Gasteiger partial charge >= 0.3 is 29.6 Å². The van der Waals surface area contributed by atoms with Gasteiger partial charge < -0.3 is 1.43 Å². The molecular weight excluding hydrogens is 183 g/mol. The van der Waals surface area contributed by atoms with Crippen molar-refractivity contribution in [3.05, 3.63) is 41.0 Å². The van der Waals surface area contributed by atoms with Crippen molar-refractivity contribution in [2.45, 2.75) is 18.9 Å². The van der Waals surface area contributed by atoms with Gasteiger partial charge in [-0.25, -0.2) is 0 Å². The Morgan fingerprint density at radius 1 is 1.46 bits per heavy atom. The number of hydrogen-bond acceptors (Lipinski definition) is 0. The largest absolute Gasteiger partial charge is 1.00 e. The van der Waals surface area contributed by atoms with E-state index in [4.69, 9.17) is 0 Å². The van der Waals surface area contributed by atoms with Gasteiger partial charge in [-0.2, -0.15) is 0 Å². The summed E-state index contributed by atoms with van der Waals surface area (Å²) in [6, 6.07) is 7.68. The van der Waals surface area contributed by atoms with Gasteiger partial charge in [0, 0.05) is 10.2 Å². The van der Waals surface area contributed by atoms with E-state index >= 15 is 0 Å². The molecule has 1 aromatic rings. The molecule has 0 fully saturated rings. The third kappa shape index (κ3) is 2.16. The first-order valence-electron chi connectivity index (χ1n) is 4.24. The van der Waals surface area contributed by atoms with E-state index in [0.29, 0.717) is 5.92 Å². The monoisotopic (exact) mass is 195 g/mol. The number of benzene rings is 1. The van der Waals surface area contributed by atoms with Gasteiger partial charge in [-0.15, -0.1) is 0 Å². The Kier molecular flexibility index (Phi) is 3.99. The first-order valence-corrected chi connectivity index (χ1v) is 4.95. The number of hydrogen-bond donors (Lipinski definition) is 0. The maximum Gasteiger partial charge on any atom is 1.00 e. The summed E-state index contributed by atoms with van der Waals surface area (Å²) in [4.78, 5) is 0. The van der Waals surface area contributed by atoms with Gasteiger partial charge in [-0.05, 0) is 24.0 Å². The Morgan fingerprint density at radius 2 is 2.23 bits per heavy atom. The van der Waals surface area contributed by atoms with Crippen LogP contribution in [0.5, 0.6) is 0 Å². The average Bonchev–Trinajstić information content (AvgIpc) is 2.46. The summed E-state index contributed by atoms with van der Waals surface area (Å²) in [7, 11) is 3.56. The molecule has 61 valence electrons. The standard InChI is InChI=1S/C11H11Si.Na.H/c1-8-2-5-11-9(6-8)3-4-10(11)7-12;;/h2-6,10H,7H2,1H3;;/q;+1;-1. The second-order valence-corrected chi connectivity index (χ2v) is 3.71. The van der Waals surface area contributed by atoms with Crippen molar-refractivity contribution < 1.29 is 31.0 Å². The molecule has 1 aliphatic carbocycles. The Labute approximate surface area is 107 Å². The molecule has 1 aromatic carbocycles. The number of aryl methyl sites for hydroxylation is 1. The van der Waals surface area contributed by atoms with Crippen LogP contribution < -0.4 is 29.6 Å². The third-order valence-corrected chi connectivity index (χ3v) is 2.81. The summed E-state index contributed by atoms with van der Waals surface area (Å²) in [5.41, 5.74) is 4.18. The molecule has 0 heterocycles. The minimum atomic E-state index is 0. The second-order valence-electron chi connectivity index (χ2n) is 3.30.